The molecule has 0 atom stereocenters. The molecule has 0 aliphatic rings. The van der Waals surface area contributed by atoms with Crippen LogP contribution in [0.15, 0.2) is 6.20 Å². The quantitative estimate of drug-likeness (QED) is 0.735. The fourth-order valence-corrected chi connectivity index (χ4v) is 0.955. The number of aromatic nitrogens is 2. The molecule has 0 radical (unpaired) electrons. The molecule has 0 saturated carbocycles. The minimum atomic E-state index is -0.691. The van der Waals surface area contributed by atoms with Crippen LogP contribution in [0.5, 0.6) is 0 Å². The number of imidazole rings is 1. The van der Waals surface area contributed by atoms with Gasteiger partial charge in [-0.1, -0.05) is 0 Å². The largest absolute Gasteiger partial charge is 0.460 e. The van der Waals surface area contributed by atoms with Gasteiger partial charge in [0.05, 0.1) is 12.6 Å². The van der Waals surface area contributed by atoms with Crippen LogP contribution in [-0.4, -0.2) is 21.5 Å². The van der Waals surface area contributed by atoms with Gasteiger partial charge in [-0.2, -0.15) is 4.39 Å². The van der Waals surface area contributed by atoms with Crippen molar-refractivity contribution in [1.29, 1.82) is 0 Å². The normalized spacial score (nSPS) is 11.4. The summed E-state index contributed by atoms with van der Waals surface area (Å²) < 4.78 is 17.4. The molecule has 1 rings (SSSR count). The fourth-order valence-electron chi connectivity index (χ4n) is 0.955. The maximum absolute atomic E-state index is 12.4. The molecular formula is C9H13FN2O2. The van der Waals surface area contributed by atoms with Crippen LogP contribution in [0.2, 0.25) is 0 Å². The number of halogens is 1. The molecule has 0 spiro atoms. The molecule has 1 aromatic rings. The van der Waals surface area contributed by atoms with Crippen LogP contribution >= 0.6 is 0 Å². The van der Waals surface area contributed by atoms with Gasteiger partial charge in [0.2, 0.25) is 0 Å². The summed E-state index contributed by atoms with van der Waals surface area (Å²) in [6, 6.07) is 0. The van der Waals surface area contributed by atoms with Gasteiger partial charge >= 0.3 is 5.97 Å². The third-order valence-electron chi connectivity index (χ3n) is 1.35. The standard InChI is InChI=1S/C9H13FN2O2/c1-9(2,3)14-7(13)4-6-5-11-8(10)12-6/h5H,4H2,1-3H3,(H,11,12). The second-order valence-electron chi connectivity index (χ2n) is 3.96. The Morgan fingerprint density at radius 3 is 2.71 bits per heavy atom. The van der Waals surface area contributed by atoms with Crippen molar-refractivity contribution in [3.05, 3.63) is 18.0 Å². The van der Waals surface area contributed by atoms with Gasteiger partial charge in [0.25, 0.3) is 6.08 Å². The molecule has 0 fully saturated rings. The molecule has 0 bridgehead atoms. The van der Waals surface area contributed by atoms with Crippen molar-refractivity contribution in [2.24, 2.45) is 0 Å². The number of hydrogen-bond acceptors (Lipinski definition) is 3. The summed E-state index contributed by atoms with van der Waals surface area (Å²) in [5.41, 5.74) is -0.105. The van der Waals surface area contributed by atoms with Crippen LogP contribution in [-0.2, 0) is 16.0 Å². The number of hydrogen-bond donors (Lipinski definition) is 1. The van der Waals surface area contributed by atoms with E-state index in [1.54, 1.807) is 20.8 Å². The Morgan fingerprint density at radius 2 is 2.29 bits per heavy atom. The first-order valence-electron chi connectivity index (χ1n) is 4.28. The molecule has 0 unspecified atom stereocenters. The van der Waals surface area contributed by atoms with Crippen molar-refractivity contribution >= 4 is 5.97 Å². The van der Waals surface area contributed by atoms with Crippen molar-refractivity contribution in [2.45, 2.75) is 32.8 Å². The number of nitrogens with zero attached hydrogens (tertiary/aromatic N) is 1. The Kier molecular flexibility index (Phi) is 2.88. The van der Waals surface area contributed by atoms with Crippen molar-refractivity contribution in [2.75, 3.05) is 0 Å². The van der Waals surface area contributed by atoms with Crippen LogP contribution in [0.4, 0.5) is 4.39 Å². The van der Waals surface area contributed by atoms with E-state index in [1.165, 1.54) is 6.20 Å². The van der Waals surface area contributed by atoms with Crippen molar-refractivity contribution in [1.82, 2.24) is 9.97 Å². The first kappa shape index (κ1) is 10.7. The van der Waals surface area contributed by atoms with E-state index in [0.29, 0.717) is 5.69 Å². The van der Waals surface area contributed by atoms with Gasteiger partial charge in [-0.3, -0.25) is 4.79 Å². The zero-order valence-corrected chi connectivity index (χ0v) is 8.43. The predicted octanol–water partition coefficient (Wildman–Crippen LogP) is 1.43. The Balaban J connectivity index is 2.50. The van der Waals surface area contributed by atoms with Gasteiger partial charge in [0, 0.05) is 5.69 Å². The van der Waals surface area contributed by atoms with Crippen LogP contribution in [0.3, 0.4) is 0 Å². The zero-order valence-electron chi connectivity index (χ0n) is 8.43. The van der Waals surface area contributed by atoms with Crippen LogP contribution < -0.4 is 0 Å². The number of nitrogens with one attached hydrogen (secondary N) is 1. The smallest absolute Gasteiger partial charge is 0.312 e. The molecule has 0 amide bonds. The van der Waals surface area contributed by atoms with E-state index in [1.807, 2.05) is 0 Å². The third kappa shape index (κ3) is 3.55. The van der Waals surface area contributed by atoms with E-state index in [4.69, 9.17) is 4.74 Å². The zero-order chi connectivity index (χ0) is 10.8. The average Bonchev–Trinajstić information content (AvgIpc) is 2.30. The number of rotatable bonds is 2. The summed E-state index contributed by atoms with van der Waals surface area (Å²) in [6.45, 7) is 5.33. The molecule has 0 saturated heterocycles. The third-order valence-corrected chi connectivity index (χ3v) is 1.35. The molecule has 0 aliphatic heterocycles. The van der Waals surface area contributed by atoms with Crippen LogP contribution in [0.1, 0.15) is 26.5 Å². The molecular weight excluding hydrogens is 187 g/mol. The second kappa shape index (κ2) is 3.77. The van der Waals surface area contributed by atoms with Gasteiger partial charge in [-0.25, -0.2) is 4.98 Å². The van der Waals surface area contributed by atoms with E-state index in [0.717, 1.165) is 0 Å². The number of ether oxygens (including phenoxy) is 1. The SMILES string of the molecule is CC(C)(C)OC(=O)Cc1cnc(F)[nH]1. The molecule has 4 nitrogen and oxygen atoms in total. The Morgan fingerprint density at radius 1 is 1.64 bits per heavy atom. The molecule has 1 heterocycles. The highest BCUT2D eigenvalue weighted by atomic mass is 19.1. The minimum Gasteiger partial charge on any atom is -0.460 e. The lowest BCUT2D eigenvalue weighted by Crippen LogP contribution is -2.24. The predicted molar refractivity (Wildman–Crippen MR) is 48.1 cm³/mol. The van der Waals surface area contributed by atoms with Crippen molar-refractivity contribution < 1.29 is 13.9 Å². The summed E-state index contributed by atoms with van der Waals surface area (Å²) in [4.78, 5) is 16.9. The van der Waals surface area contributed by atoms with Gasteiger partial charge in [0.1, 0.15) is 5.60 Å². The molecule has 1 N–H and O–H groups in total. The fraction of sp³-hybridized carbons (Fsp3) is 0.556. The van der Waals surface area contributed by atoms with E-state index in [-0.39, 0.29) is 6.42 Å². The number of aromatic amines is 1. The molecule has 1 aromatic heterocycles. The summed E-state index contributed by atoms with van der Waals surface area (Å²) in [5, 5.41) is 0. The highest BCUT2D eigenvalue weighted by Crippen LogP contribution is 2.08. The van der Waals surface area contributed by atoms with E-state index >= 15 is 0 Å². The summed E-state index contributed by atoms with van der Waals surface area (Å²) in [6.07, 6.45) is 0.594. The molecule has 0 aliphatic carbocycles. The number of carbonyl (C=O) groups excluding carboxylic acids is 1. The maximum Gasteiger partial charge on any atom is 0.312 e. The highest BCUT2D eigenvalue weighted by Gasteiger charge is 2.17. The molecule has 78 valence electrons. The first-order chi connectivity index (χ1) is 6.37. The van der Waals surface area contributed by atoms with Gasteiger partial charge in [0.15, 0.2) is 0 Å². The Bertz CT molecular complexity index is 328. The first-order valence-corrected chi connectivity index (χ1v) is 4.28. The Hall–Kier alpha value is -1.39. The van der Waals surface area contributed by atoms with Crippen LogP contribution in [0, 0.1) is 6.08 Å². The lowest BCUT2D eigenvalue weighted by molar-refractivity contribution is -0.153. The van der Waals surface area contributed by atoms with Crippen molar-refractivity contribution in [3.8, 4) is 0 Å². The molecule has 5 heteroatoms. The van der Waals surface area contributed by atoms with Gasteiger partial charge in [-0.05, 0) is 20.8 Å². The highest BCUT2D eigenvalue weighted by molar-refractivity contribution is 5.72. The Labute approximate surface area is 81.5 Å². The number of esters is 1. The summed E-state index contributed by atoms with van der Waals surface area (Å²) in [5.74, 6) is -0.402. The van der Waals surface area contributed by atoms with Crippen LogP contribution in [0.25, 0.3) is 0 Å². The summed E-state index contributed by atoms with van der Waals surface area (Å²) >= 11 is 0. The average molecular weight is 200 g/mol. The number of H-pyrrole nitrogens is 1. The molecule has 14 heavy (non-hydrogen) atoms. The van der Waals surface area contributed by atoms with Gasteiger partial charge in [-0.15, -0.1) is 0 Å². The lowest BCUT2D eigenvalue weighted by atomic mass is 10.2. The van der Waals surface area contributed by atoms with Crippen molar-refractivity contribution in [3.63, 3.8) is 0 Å². The summed E-state index contributed by atoms with van der Waals surface area (Å²) in [7, 11) is 0. The topological polar surface area (TPSA) is 55.0 Å². The monoisotopic (exact) mass is 200 g/mol. The number of carbonyl (C=O) groups is 1. The maximum atomic E-state index is 12.4. The van der Waals surface area contributed by atoms with E-state index in [9.17, 15) is 9.18 Å². The minimum absolute atomic E-state index is 0.00812. The molecule has 0 aromatic carbocycles. The van der Waals surface area contributed by atoms with Gasteiger partial charge < -0.3 is 9.72 Å². The second-order valence-corrected chi connectivity index (χ2v) is 3.96. The van der Waals surface area contributed by atoms with E-state index in [2.05, 4.69) is 9.97 Å². The van der Waals surface area contributed by atoms with E-state index < -0.39 is 17.6 Å². The lowest BCUT2D eigenvalue weighted by Gasteiger charge is -2.18.